The van der Waals surface area contributed by atoms with E-state index in [1.807, 2.05) is 0 Å². The summed E-state index contributed by atoms with van der Waals surface area (Å²) < 4.78 is 14.0. The summed E-state index contributed by atoms with van der Waals surface area (Å²) in [6.07, 6.45) is -5.81. The van der Waals surface area contributed by atoms with Gasteiger partial charge in [0.15, 0.2) is 5.78 Å². The lowest BCUT2D eigenvalue weighted by Gasteiger charge is -2.20. The Kier molecular flexibility index (Phi) is 6.23. The summed E-state index contributed by atoms with van der Waals surface area (Å²) >= 11 is 0. The molecule has 0 bridgehead atoms. The van der Waals surface area contributed by atoms with Gasteiger partial charge in [-0.2, -0.15) is 0 Å². The molecule has 0 amide bonds. The van der Waals surface area contributed by atoms with Gasteiger partial charge in [0, 0.05) is 0 Å². The molecule has 0 spiro atoms. The van der Waals surface area contributed by atoms with E-state index in [4.69, 9.17) is 30.2 Å². The molecule has 16 heavy (non-hydrogen) atoms. The van der Waals surface area contributed by atoms with Crippen molar-refractivity contribution in [1.29, 1.82) is 0 Å². The maximum atomic E-state index is 11.0. The van der Waals surface area contributed by atoms with Gasteiger partial charge in [-0.1, -0.05) is 0 Å². The molecule has 0 aliphatic rings. The van der Waals surface area contributed by atoms with E-state index >= 15 is 0 Å². The van der Waals surface area contributed by atoms with Crippen LogP contribution in [0.1, 0.15) is 0 Å². The first-order valence-electron chi connectivity index (χ1n) is 4.07. The second-order valence-electron chi connectivity index (χ2n) is 2.92. The molecule has 0 fully saturated rings. The van der Waals surface area contributed by atoms with Gasteiger partial charge < -0.3 is 30.2 Å². The average Bonchev–Trinajstić information content (AvgIpc) is 2.21. The van der Waals surface area contributed by atoms with Crippen LogP contribution in [-0.4, -0.2) is 67.5 Å². The zero-order valence-electron chi connectivity index (χ0n) is 8.00. The largest absolute Gasteiger partial charge is 0.470 e. The molecule has 10 heteroatoms. The first-order valence-corrected chi connectivity index (χ1v) is 5.60. The van der Waals surface area contributed by atoms with E-state index in [0.717, 1.165) is 0 Å². The average molecular weight is 260 g/mol. The van der Waals surface area contributed by atoms with E-state index in [1.54, 1.807) is 0 Å². The molecule has 0 heterocycles. The number of carbonyl (C=O) groups is 1. The monoisotopic (exact) mass is 260 g/mol. The summed E-state index contributed by atoms with van der Waals surface area (Å²) in [5.41, 5.74) is 0. The van der Waals surface area contributed by atoms with Crippen LogP contribution in [-0.2, 0) is 13.9 Å². The number of ketones is 1. The molecule has 0 aromatic rings. The predicted molar refractivity (Wildman–Crippen MR) is 48.1 cm³/mol. The summed E-state index contributed by atoms with van der Waals surface area (Å²) in [4.78, 5) is 27.5. The summed E-state index contributed by atoms with van der Waals surface area (Å²) in [5, 5.41) is 35.4. The highest BCUT2D eigenvalue weighted by Gasteiger charge is 2.31. The van der Waals surface area contributed by atoms with E-state index in [1.165, 1.54) is 0 Å². The minimum atomic E-state index is -4.85. The molecule has 3 atom stereocenters. The van der Waals surface area contributed by atoms with Crippen molar-refractivity contribution in [3.05, 3.63) is 0 Å². The maximum Gasteiger partial charge on any atom is 0.470 e. The van der Waals surface area contributed by atoms with Crippen LogP contribution in [0.4, 0.5) is 0 Å². The lowest BCUT2D eigenvalue weighted by molar-refractivity contribution is -0.142. The summed E-state index contributed by atoms with van der Waals surface area (Å²) in [7, 11) is -4.85. The third-order valence-corrected chi connectivity index (χ3v) is 2.08. The number of phosphoric ester groups is 1. The SMILES string of the molecule is O=C(COP(=O)(O)O)[C@@H](O)[C@H](O)[C@@H](O)CO. The predicted octanol–water partition coefficient (Wildman–Crippen LogP) is -3.26. The Morgan fingerprint density at radius 2 is 1.75 bits per heavy atom. The molecule has 0 rings (SSSR count). The quantitative estimate of drug-likeness (QED) is 0.258. The number of hydrogen-bond donors (Lipinski definition) is 6. The van der Waals surface area contributed by atoms with Crippen LogP contribution in [0.25, 0.3) is 0 Å². The first-order chi connectivity index (χ1) is 7.19. The van der Waals surface area contributed by atoms with Crippen LogP contribution >= 0.6 is 7.82 Å². The van der Waals surface area contributed by atoms with Crippen molar-refractivity contribution in [1.82, 2.24) is 0 Å². The first kappa shape index (κ1) is 15.6. The molecule has 0 saturated heterocycles. The highest BCUT2D eigenvalue weighted by atomic mass is 31.2. The molecule has 0 saturated carbocycles. The van der Waals surface area contributed by atoms with Crippen molar-refractivity contribution in [3.63, 3.8) is 0 Å². The van der Waals surface area contributed by atoms with Crippen molar-refractivity contribution < 1.29 is 44.1 Å². The third kappa shape index (κ3) is 5.64. The van der Waals surface area contributed by atoms with Gasteiger partial charge in [0.1, 0.15) is 24.9 Å². The van der Waals surface area contributed by atoms with Crippen molar-refractivity contribution in [3.8, 4) is 0 Å². The molecular weight excluding hydrogens is 247 g/mol. The van der Waals surface area contributed by atoms with Gasteiger partial charge in [0.2, 0.25) is 0 Å². The topological polar surface area (TPSA) is 165 Å². The second kappa shape index (κ2) is 6.38. The zero-order chi connectivity index (χ0) is 12.9. The molecule has 0 aliphatic carbocycles. The van der Waals surface area contributed by atoms with Gasteiger partial charge in [-0.25, -0.2) is 4.57 Å². The lowest BCUT2D eigenvalue weighted by Crippen LogP contribution is -2.45. The molecular formula is C6H13O9P. The minimum absolute atomic E-state index is 0.884. The van der Waals surface area contributed by atoms with Crippen LogP contribution < -0.4 is 0 Å². The Balaban J connectivity index is 4.23. The van der Waals surface area contributed by atoms with Crippen molar-refractivity contribution in [2.45, 2.75) is 18.3 Å². The van der Waals surface area contributed by atoms with Gasteiger partial charge in [-0.05, 0) is 0 Å². The standard InChI is InChI=1S/C6H13O9P/c7-1-3(8)5(10)6(11)4(9)2-15-16(12,13)14/h3,5-8,10-11H,1-2H2,(H2,12,13,14)/t3-,5+,6+/m0/s1. The van der Waals surface area contributed by atoms with E-state index in [0.29, 0.717) is 0 Å². The fourth-order valence-corrected chi connectivity index (χ4v) is 1.04. The lowest BCUT2D eigenvalue weighted by atomic mass is 10.1. The summed E-state index contributed by atoms with van der Waals surface area (Å²) in [6, 6.07) is 0. The van der Waals surface area contributed by atoms with E-state index in [-0.39, 0.29) is 0 Å². The Labute approximate surface area is 90.2 Å². The Morgan fingerprint density at radius 1 is 1.25 bits per heavy atom. The van der Waals surface area contributed by atoms with E-state index < -0.39 is 45.1 Å². The van der Waals surface area contributed by atoms with Crippen LogP contribution in [0.3, 0.4) is 0 Å². The number of Topliss-reactive ketones (excluding diaryl/α,β-unsaturated/α-hetero) is 1. The van der Waals surface area contributed by atoms with E-state index in [2.05, 4.69) is 4.52 Å². The second-order valence-corrected chi connectivity index (χ2v) is 4.16. The third-order valence-electron chi connectivity index (χ3n) is 1.61. The molecule has 6 N–H and O–H groups in total. The van der Waals surface area contributed by atoms with Gasteiger partial charge in [-0.15, -0.1) is 0 Å². The molecule has 0 unspecified atom stereocenters. The molecule has 0 radical (unpaired) electrons. The van der Waals surface area contributed by atoms with Crippen LogP contribution in [0.15, 0.2) is 0 Å². The summed E-state index contributed by atoms with van der Waals surface area (Å²) in [5.74, 6) is -1.23. The molecule has 0 aromatic heterocycles. The van der Waals surface area contributed by atoms with Crippen LogP contribution in [0, 0.1) is 0 Å². The fraction of sp³-hybridized carbons (Fsp3) is 0.833. The van der Waals surface area contributed by atoms with Gasteiger partial charge in [0.05, 0.1) is 6.61 Å². The smallest absolute Gasteiger partial charge is 0.394 e. The molecule has 9 nitrogen and oxygen atoms in total. The highest BCUT2D eigenvalue weighted by Crippen LogP contribution is 2.35. The Hall–Kier alpha value is -0.380. The number of phosphoric acid groups is 1. The fourth-order valence-electron chi connectivity index (χ4n) is 0.742. The van der Waals surface area contributed by atoms with Gasteiger partial charge in [0.25, 0.3) is 0 Å². The van der Waals surface area contributed by atoms with E-state index in [9.17, 15) is 9.36 Å². The number of hydrogen-bond acceptors (Lipinski definition) is 7. The number of rotatable bonds is 7. The molecule has 96 valence electrons. The van der Waals surface area contributed by atoms with Gasteiger partial charge in [-0.3, -0.25) is 9.32 Å². The normalized spacial score (nSPS) is 17.9. The number of carbonyl (C=O) groups excluding carboxylic acids is 1. The van der Waals surface area contributed by atoms with Gasteiger partial charge >= 0.3 is 7.82 Å². The van der Waals surface area contributed by atoms with Crippen molar-refractivity contribution in [2.75, 3.05) is 13.2 Å². The maximum absolute atomic E-state index is 11.0. The molecule has 0 aliphatic heterocycles. The van der Waals surface area contributed by atoms with Crippen molar-refractivity contribution in [2.24, 2.45) is 0 Å². The Morgan fingerprint density at radius 3 is 2.12 bits per heavy atom. The van der Waals surface area contributed by atoms with Crippen molar-refractivity contribution >= 4 is 13.6 Å². The highest BCUT2D eigenvalue weighted by molar-refractivity contribution is 7.46. The van der Waals surface area contributed by atoms with Crippen LogP contribution in [0.2, 0.25) is 0 Å². The number of aliphatic hydroxyl groups excluding tert-OH is 4. The zero-order valence-corrected chi connectivity index (χ0v) is 8.90. The van der Waals surface area contributed by atoms with Crippen LogP contribution in [0.5, 0.6) is 0 Å². The summed E-state index contributed by atoms with van der Waals surface area (Å²) in [6.45, 7) is -2.01. The minimum Gasteiger partial charge on any atom is -0.394 e. The Bertz CT molecular complexity index is 273. The molecule has 0 aromatic carbocycles. The number of aliphatic hydroxyl groups is 4.